The average Bonchev–Trinajstić information content (AvgIpc) is 2.62. The van der Waals surface area contributed by atoms with Crippen molar-refractivity contribution in [2.75, 3.05) is 11.9 Å². The number of hydrogen-bond acceptors (Lipinski definition) is 7. The minimum Gasteiger partial charge on any atom is -0.508 e. The van der Waals surface area contributed by atoms with E-state index in [4.69, 9.17) is 0 Å². The van der Waals surface area contributed by atoms with Crippen LogP contribution in [0.4, 0.5) is 11.4 Å². The number of aliphatic hydroxyl groups excluding tert-OH is 2. The summed E-state index contributed by atoms with van der Waals surface area (Å²) in [6.45, 7) is -0.527. The third-order valence-electron chi connectivity index (χ3n) is 3.73. The number of ketones is 1. The van der Waals surface area contributed by atoms with Gasteiger partial charge in [-0.05, 0) is 48.5 Å². The van der Waals surface area contributed by atoms with Crippen LogP contribution in [0.25, 0.3) is 0 Å². The molecule has 0 unspecified atom stereocenters. The molecule has 5 N–H and O–H groups in total. The Morgan fingerprint density at radius 3 is 2.04 bits per heavy atom. The highest BCUT2D eigenvalue weighted by atomic mass is 16.3. The Morgan fingerprint density at radius 1 is 0.885 bits per heavy atom. The molecule has 7 nitrogen and oxygen atoms in total. The average molecular weight is 352 g/mol. The Kier molecular flexibility index (Phi) is 4.72. The third kappa shape index (κ3) is 3.57. The fourth-order valence-electron chi connectivity index (χ4n) is 2.45. The van der Waals surface area contributed by atoms with E-state index in [9.17, 15) is 25.2 Å². The number of nitrogens with one attached hydrogen (secondary N) is 1. The molecule has 0 atom stereocenters. The van der Waals surface area contributed by atoms with Crippen molar-refractivity contribution in [3.63, 3.8) is 0 Å². The molecule has 0 heterocycles. The predicted octanol–water partition coefficient (Wildman–Crippen LogP) is 2.55. The summed E-state index contributed by atoms with van der Waals surface area (Å²) in [6.07, 6.45) is 1.02. The largest absolute Gasteiger partial charge is 0.508 e. The molecule has 0 saturated carbocycles. The van der Waals surface area contributed by atoms with Crippen molar-refractivity contribution in [3.8, 4) is 11.5 Å². The van der Waals surface area contributed by atoms with Crippen LogP contribution in [0.2, 0.25) is 0 Å². The van der Waals surface area contributed by atoms with E-state index in [0.717, 1.165) is 6.08 Å². The number of aromatic hydroxyl groups is 2. The van der Waals surface area contributed by atoms with Gasteiger partial charge in [0.1, 0.15) is 23.0 Å². The number of phenolic OH excluding ortho intramolecular Hbond substituents is 2. The van der Waals surface area contributed by atoms with Gasteiger partial charge in [-0.25, -0.2) is 4.99 Å². The number of phenols is 2. The van der Waals surface area contributed by atoms with Crippen LogP contribution in [0.1, 0.15) is 0 Å². The lowest BCUT2D eigenvalue weighted by Crippen LogP contribution is -2.25. The molecule has 0 radical (unpaired) electrons. The zero-order valence-corrected chi connectivity index (χ0v) is 13.5. The van der Waals surface area contributed by atoms with Gasteiger partial charge in [0.25, 0.3) is 0 Å². The molecule has 0 aromatic heterocycles. The number of carbonyl (C=O) groups excluding carboxylic acids is 1. The smallest absolute Gasteiger partial charge is 0.206 e. The van der Waals surface area contributed by atoms with Crippen molar-refractivity contribution in [2.24, 2.45) is 4.99 Å². The summed E-state index contributed by atoms with van der Waals surface area (Å²) in [4.78, 5) is 16.6. The molecule has 0 amide bonds. The SMILES string of the molecule is O=C1C=C(O)/C(=N/c2ccc(O)cc2)C(CO)=C1Nc1ccc(O)cc1. The van der Waals surface area contributed by atoms with Gasteiger partial charge in [-0.2, -0.15) is 0 Å². The number of allylic oxidation sites excluding steroid dienone is 2. The van der Waals surface area contributed by atoms with Crippen LogP contribution in [0.5, 0.6) is 11.5 Å². The van der Waals surface area contributed by atoms with E-state index in [2.05, 4.69) is 10.3 Å². The maximum atomic E-state index is 12.3. The summed E-state index contributed by atoms with van der Waals surface area (Å²) in [5, 5.41) is 41.5. The summed E-state index contributed by atoms with van der Waals surface area (Å²) >= 11 is 0. The van der Waals surface area contributed by atoms with Gasteiger partial charge in [0.15, 0.2) is 0 Å². The predicted molar refractivity (Wildman–Crippen MR) is 96.8 cm³/mol. The minimum atomic E-state index is -0.527. The fourth-order valence-corrected chi connectivity index (χ4v) is 2.45. The fraction of sp³-hybridized carbons (Fsp3) is 0.0526. The van der Waals surface area contributed by atoms with Crippen molar-refractivity contribution in [2.45, 2.75) is 0 Å². The third-order valence-corrected chi connectivity index (χ3v) is 3.73. The van der Waals surface area contributed by atoms with Gasteiger partial charge in [-0.15, -0.1) is 0 Å². The lowest BCUT2D eigenvalue weighted by atomic mass is 9.97. The molecule has 1 aliphatic carbocycles. The molecular formula is C19H16N2O5. The monoisotopic (exact) mass is 352 g/mol. The van der Waals surface area contributed by atoms with Crippen LogP contribution in [-0.4, -0.2) is 38.5 Å². The van der Waals surface area contributed by atoms with E-state index < -0.39 is 12.4 Å². The second-order valence-electron chi connectivity index (χ2n) is 5.55. The van der Waals surface area contributed by atoms with Gasteiger partial charge in [-0.1, -0.05) is 0 Å². The van der Waals surface area contributed by atoms with Gasteiger partial charge >= 0.3 is 0 Å². The molecule has 0 fully saturated rings. The minimum absolute atomic E-state index is 0.0547. The normalized spacial score (nSPS) is 16.0. The van der Waals surface area contributed by atoms with Gasteiger partial charge in [0.2, 0.25) is 5.78 Å². The molecule has 0 bridgehead atoms. The number of hydrogen-bond donors (Lipinski definition) is 5. The Balaban J connectivity index is 2.03. The molecule has 2 aromatic rings. The van der Waals surface area contributed by atoms with Crippen LogP contribution >= 0.6 is 0 Å². The first-order valence-electron chi connectivity index (χ1n) is 7.71. The summed E-state index contributed by atoms with van der Waals surface area (Å²) < 4.78 is 0. The second kappa shape index (κ2) is 7.12. The molecule has 0 aliphatic heterocycles. The van der Waals surface area contributed by atoms with Crippen LogP contribution in [0.3, 0.4) is 0 Å². The standard InChI is InChI=1S/C19H16N2O5/c22-10-15-18(20-11-1-5-13(23)6-2-11)16(25)9-17(26)19(15)21-12-3-7-14(24)8-4-12/h1-9,20,22-24,26H,10H2/b21-19+. The molecule has 26 heavy (non-hydrogen) atoms. The summed E-state index contributed by atoms with van der Waals surface area (Å²) in [7, 11) is 0. The van der Waals surface area contributed by atoms with Gasteiger partial charge in [0, 0.05) is 17.3 Å². The molecule has 132 valence electrons. The molecule has 0 spiro atoms. The van der Waals surface area contributed by atoms with Crippen LogP contribution in [0, 0.1) is 0 Å². The van der Waals surface area contributed by atoms with Crippen LogP contribution in [0.15, 0.2) is 76.6 Å². The first kappa shape index (κ1) is 17.2. The molecular weight excluding hydrogens is 336 g/mol. The summed E-state index contributed by atoms with van der Waals surface area (Å²) in [5.74, 6) is -0.721. The first-order valence-corrected chi connectivity index (χ1v) is 7.71. The van der Waals surface area contributed by atoms with E-state index in [1.807, 2.05) is 0 Å². The topological polar surface area (TPSA) is 122 Å². The number of anilines is 1. The highest BCUT2D eigenvalue weighted by molar-refractivity contribution is 6.25. The molecule has 3 rings (SSSR count). The second-order valence-corrected chi connectivity index (χ2v) is 5.55. The van der Waals surface area contributed by atoms with Crippen LogP contribution in [-0.2, 0) is 4.79 Å². The number of aliphatic hydroxyl groups is 2. The Hall–Kier alpha value is -3.58. The van der Waals surface area contributed by atoms with E-state index >= 15 is 0 Å². The number of nitrogens with zero attached hydrogens (tertiary/aromatic N) is 1. The quantitative estimate of drug-likeness (QED) is 0.426. The summed E-state index contributed by atoms with van der Waals surface area (Å²) in [5.41, 5.74) is 1.22. The lowest BCUT2D eigenvalue weighted by Gasteiger charge is -2.19. The maximum Gasteiger partial charge on any atom is 0.206 e. The van der Waals surface area contributed by atoms with Crippen molar-refractivity contribution >= 4 is 22.9 Å². The van der Waals surface area contributed by atoms with Gasteiger partial charge in [-0.3, -0.25) is 4.79 Å². The van der Waals surface area contributed by atoms with Crippen molar-refractivity contribution < 1.29 is 25.2 Å². The van der Waals surface area contributed by atoms with Crippen LogP contribution < -0.4 is 5.32 Å². The Labute approximate surface area is 148 Å². The molecule has 0 saturated heterocycles. The number of benzene rings is 2. The number of aliphatic imine (C=N–C) groups is 1. The zero-order valence-electron chi connectivity index (χ0n) is 13.5. The number of carbonyl (C=O) groups is 1. The van der Waals surface area contributed by atoms with E-state index in [1.165, 1.54) is 36.4 Å². The van der Waals surface area contributed by atoms with Crippen molar-refractivity contribution in [1.29, 1.82) is 0 Å². The maximum absolute atomic E-state index is 12.3. The first-order chi connectivity index (χ1) is 12.5. The van der Waals surface area contributed by atoms with E-state index in [0.29, 0.717) is 11.4 Å². The number of rotatable bonds is 4. The van der Waals surface area contributed by atoms with Gasteiger partial charge in [0.05, 0.1) is 18.0 Å². The van der Waals surface area contributed by atoms with E-state index in [1.54, 1.807) is 12.1 Å². The molecule has 1 aliphatic rings. The zero-order chi connectivity index (χ0) is 18.7. The van der Waals surface area contributed by atoms with E-state index in [-0.39, 0.29) is 34.2 Å². The summed E-state index contributed by atoms with van der Waals surface area (Å²) in [6, 6.07) is 12.0. The van der Waals surface area contributed by atoms with Gasteiger partial charge < -0.3 is 25.7 Å². The van der Waals surface area contributed by atoms with Crippen molar-refractivity contribution in [3.05, 3.63) is 71.6 Å². The molecule has 2 aromatic carbocycles. The highest BCUT2D eigenvalue weighted by Gasteiger charge is 2.26. The Morgan fingerprint density at radius 2 is 1.46 bits per heavy atom. The molecule has 7 heteroatoms. The highest BCUT2D eigenvalue weighted by Crippen LogP contribution is 2.25. The lowest BCUT2D eigenvalue weighted by molar-refractivity contribution is -0.111. The van der Waals surface area contributed by atoms with Crippen molar-refractivity contribution in [1.82, 2.24) is 0 Å². The Bertz CT molecular complexity index is 925.